The molecule has 2 aromatic rings. The summed E-state index contributed by atoms with van der Waals surface area (Å²) in [5, 5.41) is 2.76. The van der Waals surface area contributed by atoms with Gasteiger partial charge < -0.3 is 24.4 Å². The van der Waals surface area contributed by atoms with Gasteiger partial charge in [-0.2, -0.15) is 0 Å². The number of sulfonamides is 1. The number of benzene rings is 2. The number of piperazine rings is 1. The van der Waals surface area contributed by atoms with Gasteiger partial charge >= 0.3 is 6.03 Å². The van der Waals surface area contributed by atoms with Crippen LogP contribution in [-0.4, -0.2) is 83.2 Å². The van der Waals surface area contributed by atoms with Gasteiger partial charge in [0.1, 0.15) is 10.6 Å². The van der Waals surface area contributed by atoms with E-state index in [1.807, 2.05) is 24.3 Å². The Kier molecular flexibility index (Phi) is 6.37. The Morgan fingerprint density at radius 1 is 1.06 bits per heavy atom. The smallest absolute Gasteiger partial charge is 0.335 e. The van der Waals surface area contributed by atoms with Crippen molar-refractivity contribution in [3.8, 4) is 17.2 Å². The first-order valence-corrected chi connectivity index (χ1v) is 13.2. The maximum atomic E-state index is 13.4. The number of para-hydroxylation sites is 2. The van der Waals surface area contributed by atoms with Crippen LogP contribution in [0.3, 0.4) is 0 Å². The zero-order valence-electron chi connectivity index (χ0n) is 20.0. The first-order valence-electron chi connectivity index (χ1n) is 11.8. The van der Waals surface area contributed by atoms with Crippen LogP contribution in [0.25, 0.3) is 0 Å². The molecule has 10 nitrogen and oxygen atoms in total. The van der Waals surface area contributed by atoms with E-state index in [1.54, 1.807) is 14.0 Å². The van der Waals surface area contributed by atoms with E-state index in [-0.39, 0.29) is 17.1 Å². The van der Waals surface area contributed by atoms with Gasteiger partial charge in [-0.1, -0.05) is 12.1 Å². The van der Waals surface area contributed by atoms with E-state index in [4.69, 9.17) is 14.2 Å². The summed E-state index contributed by atoms with van der Waals surface area (Å²) in [6.07, 6.45) is 0.703. The lowest BCUT2D eigenvalue weighted by atomic mass is 10.1. The van der Waals surface area contributed by atoms with E-state index in [0.29, 0.717) is 43.2 Å². The van der Waals surface area contributed by atoms with E-state index in [1.165, 1.54) is 6.07 Å². The summed E-state index contributed by atoms with van der Waals surface area (Å²) in [7, 11) is -2.37. The normalized spacial score (nSPS) is 19.5. The standard InChI is InChI=1S/C24H30N4O6S/c1-17-22-21(16-20-23(17)34-15-5-14-33-20)35(30,31)28(24(29)25-22)13-10-26-8-11-27(12-9-26)18-6-3-4-7-19(18)32-2/h3-4,6-7,16H,5,8-15H2,1-2H3,(H,25,29). The van der Waals surface area contributed by atoms with Gasteiger partial charge in [0.05, 0.1) is 38.2 Å². The number of ether oxygens (including phenoxy) is 3. The number of fused-ring (bicyclic) bond motifs is 2. The molecule has 0 bridgehead atoms. The molecule has 188 valence electrons. The predicted molar refractivity (Wildman–Crippen MR) is 131 cm³/mol. The summed E-state index contributed by atoms with van der Waals surface area (Å²) in [6.45, 7) is 6.24. The van der Waals surface area contributed by atoms with Crippen molar-refractivity contribution in [2.45, 2.75) is 18.2 Å². The Balaban J connectivity index is 1.28. The number of nitrogens with zero attached hydrogens (tertiary/aromatic N) is 3. The molecule has 2 amide bonds. The Morgan fingerprint density at radius 3 is 2.57 bits per heavy atom. The van der Waals surface area contributed by atoms with Gasteiger partial charge in [0.25, 0.3) is 10.0 Å². The summed E-state index contributed by atoms with van der Waals surface area (Å²) < 4.78 is 44.8. The molecule has 0 saturated carbocycles. The number of carbonyl (C=O) groups is 1. The summed E-state index contributed by atoms with van der Waals surface area (Å²) in [5.74, 6) is 1.71. The van der Waals surface area contributed by atoms with Crippen molar-refractivity contribution < 1.29 is 27.4 Å². The number of hydrogen-bond donors (Lipinski definition) is 1. The molecule has 1 fully saturated rings. The van der Waals surface area contributed by atoms with Crippen molar-refractivity contribution in [2.75, 3.05) is 69.8 Å². The molecule has 0 radical (unpaired) electrons. The lowest BCUT2D eigenvalue weighted by Crippen LogP contribution is -2.51. The van der Waals surface area contributed by atoms with E-state index < -0.39 is 16.1 Å². The highest BCUT2D eigenvalue weighted by Crippen LogP contribution is 2.44. The minimum Gasteiger partial charge on any atom is -0.495 e. The molecule has 0 atom stereocenters. The molecule has 3 aliphatic rings. The zero-order valence-corrected chi connectivity index (χ0v) is 20.8. The second kappa shape index (κ2) is 9.46. The number of amides is 2. The number of methoxy groups -OCH3 is 1. The number of urea groups is 1. The second-order valence-electron chi connectivity index (χ2n) is 8.76. The lowest BCUT2D eigenvalue weighted by molar-refractivity contribution is 0.217. The Labute approximate surface area is 205 Å². The summed E-state index contributed by atoms with van der Waals surface area (Å²) in [5.41, 5.74) is 1.87. The molecular weight excluding hydrogens is 472 g/mol. The topological polar surface area (TPSA) is 101 Å². The molecule has 0 aromatic heterocycles. The average Bonchev–Trinajstić information content (AvgIpc) is 3.11. The molecule has 0 spiro atoms. The van der Waals surface area contributed by atoms with Gasteiger partial charge in [-0.25, -0.2) is 17.5 Å². The molecule has 0 aliphatic carbocycles. The zero-order chi connectivity index (χ0) is 24.6. The van der Waals surface area contributed by atoms with Crippen molar-refractivity contribution in [3.05, 3.63) is 35.9 Å². The van der Waals surface area contributed by atoms with Crippen LogP contribution in [0.5, 0.6) is 17.2 Å². The van der Waals surface area contributed by atoms with E-state index >= 15 is 0 Å². The number of hydrogen-bond acceptors (Lipinski definition) is 8. The highest BCUT2D eigenvalue weighted by molar-refractivity contribution is 7.90. The Morgan fingerprint density at radius 2 is 1.80 bits per heavy atom. The molecule has 2 aromatic carbocycles. The first-order chi connectivity index (χ1) is 16.9. The Bertz CT molecular complexity index is 1230. The molecular formula is C24H30N4O6S. The number of rotatable bonds is 5. The third kappa shape index (κ3) is 4.34. The van der Waals surface area contributed by atoms with E-state index in [9.17, 15) is 13.2 Å². The van der Waals surface area contributed by atoms with Gasteiger partial charge in [-0.05, 0) is 19.1 Å². The fourth-order valence-electron chi connectivity index (χ4n) is 4.76. The molecule has 0 unspecified atom stereocenters. The number of nitrogens with one attached hydrogen (secondary N) is 1. The largest absolute Gasteiger partial charge is 0.495 e. The first kappa shape index (κ1) is 23.6. The van der Waals surface area contributed by atoms with Crippen molar-refractivity contribution in [1.82, 2.24) is 9.21 Å². The number of carbonyl (C=O) groups excluding carboxylic acids is 1. The number of anilines is 2. The molecule has 3 aliphatic heterocycles. The van der Waals surface area contributed by atoms with Crippen LogP contribution in [-0.2, 0) is 10.0 Å². The predicted octanol–water partition coefficient (Wildman–Crippen LogP) is 2.52. The summed E-state index contributed by atoms with van der Waals surface area (Å²) in [4.78, 5) is 17.3. The van der Waals surface area contributed by atoms with Crippen LogP contribution in [0.1, 0.15) is 12.0 Å². The second-order valence-corrected chi connectivity index (χ2v) is 10.6. The van der Waals surface area contributed by atoms with Gasteiger partial charge in [-0.3, -0.25) is 4.90 Å². The maximum Gasteiger partial charge on any atom is 0.335 e. The van der Waals surface area contributed by atoms with Crippen LogP contribution in [0.2, 0.25) is 0 Å². The minimum atomic E-state index is -4.03. The monoisotopic (exact) mass is 502 g/mol. The van der Waals surface area contributed by atoms with Gasteiger partial charge in [0, 0.05) is 50.8 Å². The average molecular weight is 503 g/mol. The lowest BCUT2D eigenvalue weighted by Gasteiger charge is -2.38. The van der Waals surface area contributed by atoms with E-state index in [0.717, 1.165) is 41.9 Å². The van der Waals surface area contributed by atoms with Crippen LogP contribution < -0.4 is 24.4 Å². The third-order valence-corrected chi connectivity index (χ3v) is 8.49. The Hall–Kier alpha value is -3.18. The SMILES string of the molecule is COc1ccccc1N1CCN(CCN2C(=O)Nc3c(cc4c(c3C)OCCCO4)S2(=O)=O)CC1. The quantitative estimate of drug-likeness (QED) is 0.666. The maximum absolute atomic E-state index is 13.4. The van der Waals surface area contributed by atoms with Crippen molar-refractivity contribution in [3.63, 3.8) is 0 Å². The minimum absolute atomic E-state index is 0.0415. The van der Waals surface area contributed by atoms with Gasteiger partial charge in [0.2, 0.25) is 0 Å². The van der Waals surface area contributed by atoms with Crippen molar-refractivity contribution in [1.29, 1.82) is 0 Å². The van der Waals surface area contributed by atoms with Crippen LogP contribution in [0.15, 0.2) is 35.2 Å². The molecule has 1 saturated heterocycles. The van der Waals surface area contributed by atoms with Crippen LogP contribution in [0, 0.1) is 6.92 Å². The van der Waals surface area contributed by atoms with Crippen molar-refractivity contribution >= 4 is 27.4 Å². The molecule has 35 heavy (non-hydrogen) atoms. The van der Waals surface area contributed by atoms with Crippen molar-refractivity contribution in [2.24, 2.45) is 0 Å². The fraction of sp³-hybridized carbons (Fsp3) is 0.458. The highest BCUT2D eigenvalue weighted by Gasteiger charge is 2.39. The van der Waals surface area contributed by atoms with E-state index in [2.05, 4.69) is 15.1 Å². The van der Waals surface area contributed by atoms with Crippen LogP contribution in [0.4, 0.5) is 16.2 Å². The fourth-order valence-corrected chi connectivity index (χ4v) is 6.30. The molecule has 1 N–H and O–H groups in total. The van der Waals surface area contributed by atoms with Crippen LogP contribution >= 0.6 is 0 Å². The summed E-state index contributed by atoms with van der Waals surface area (Å²) >= 11 is 0. The third-order valence-electron chi connectivity index (χ3n) is 6.68. The van der Waals surface area contributed by atoms with Gasteiger partial charge in [-0.15, -0.1) is 0 Å². The molecule has 3 heterocycles. The molecule has 5 rings (SSSR count). The summed E-state index contributed by atoms with van der Waals surface area (Å²) in [6, 6.07) is 8.73. The van der Waals surface area contributed by atoms with Gasteiger partial charge in [0.15, 0.2) is 11.5 Å². The molecule has 11 heteroatoms. The highest BCUT2D eigenvalue weighted by atomic mass is 32.2.